The summed E-state index contributed by atoms with van der Waals surface area (Å²) in [6.07, 6.45) is 2.15. The smallest absolute Gasteiger partial charge is 0.275 e. The van der Waals surface area contributed by atoms with Crippen LogP contribution in [0.2, 0.25) is 0 Å². The summed E-state index contributed by atoms with van der Waals surface area (Å²) in [5.74, 6) is 0.429. The largest absolute Gasteiger partial charge is 0.495 e. The number of sulfonamides is 1. The highest BCUT2D eigenvalue weighted by molar-refractivity contribution is 7.89. The average molecular weight is 368 g/mol. The molecule has 0 radical (unpaired) electrons. The van der Waals surface area contributed by atoms with Gasteiger partial charge in [-0.25, -0.2) is 8.42 Å². The third kappa shape index (κ3) is 4.31. The van der Waals surface area contributed by atoms with E-state index >= 15 is 0 Å². The van der Waals surface area contributed by atoms with Crippen LogP contribution >= 0.6 is 0 Å². The molecule has 25 heavy (non-hydrogen) atoms. The first-order valence-electron chi connectivity index (χ1n) is 8.68. The SMILES string of the molecule is COc1ccc(C)cc1S(=O)(=O)N1CC[NH+](CC(=O)NC2CC2)CC1. The average Bonchev–Trinajstić information content (AvgIpc) is 3.39. The Kier molecular flexibility index (Phi) is 5.31. The van der Waals surface area contributed by atoms with Crippen molar-refractivity contribution in [1.82, 2.24) is 9.62 Å². The number of benzene rings is 1. The fourth-order valence-electron chi connectivity index (χ4n) is 3.08. The number of piperazine rings is 1. The first-order valence-corrected chi connectivity index (χ1v) is 10.1. The number of carbonyl (C=O) groups is 1. The number of carbonyl (C=O) groups excluding carboxylic acids is 1. The molecule has 0 atom stereocenters. The first-order chi connectivity index (χ1) is 11.9. The van der Waals surface area contributed by atoms with Crippen molar-refractivity contribution in [1.29, 1.82) is 0 Å². The van der Waals surface area contributed by atoms with Crippen LogP contribution in [-0.2, 0) is 14.8 Å². The monoisotopic (exact) mass is 368 g/mol. The standard InChI is InChI=1S/C17H25N3O4S/c1-13-3-6-15(24-2)16(11-13)25(22,23)20-9-7-19(8-10-20)12-17(21)18-14-4-5-14/h3,6,11,14H,4-5,7-10,12H2,1-2H3,(H,18,21)/p+1. The summed E-state index contributed by atoms with van der Waals surface area (Å²) in [4.78, 5) is 13.2. The molecular weight excluding hydrogens is 342 g/mol. The Labute approximate surface area is 149 Å². The number of methoxy groups -OCH3 is 1. The topological polar surface area (TPSA) is 80.2 Å². The van der Waals surface area contributed by atoms with Crippen LogP contribution < -0.4 is 15.0 Å². The van der Waals surface area contributed by atoms with Crippen molar-refractivity contribution >= 4 is 15.9 Å². The molecule has 3 rings (SSSR count). The Morgan fingerprint density at radius 1 is 1.32 bits per heavy atom. The first kappa shape index (κ1) is 18.2. The minimum absolute atomic E-state index is 0.0640. The third-order valence-corrected chi connectivity index (χ3v) is 6.64. The molecule has 2 N–H and O–H groups in total. The summed E-state index contributed by atoms with van der Waals surface area (Å²) in [5, 5.41) is 2.98. The van der Waals surface area contributed by atoms with E-state index in [9.17, 15) is 13.2 Å². The second-order valence-corrected chi connectivity index (χ2v) is 8.73. The van der Waals surface area contributed by atoms with Crippen molar-refractivity contribution in [3.05, 3.63) is 23.8 Å². The Hall–Kier alpha value is -1.64. The molecule has 8 heteroatoms. The van der Waals surface area contributed by atoms with Crippen molar-refractivity contribution in [2.45, 2.75) is 30.7 Å². The van der Waals surface area contributed by atoms with Gasteiger partial charge in [-0.1, -0.05) is 6.07 Å². The highest BCUT2D eigenvalue weighted by Crippen LogP contribution is 2.27. The maximum atomic E-state index is 13.0. The van der Waals surface area contributed by atoms with Gasteiger partial charge in [0.15, 0.2) is 6.54 Å². The van der Waals surface area contributed by atoms with E-state index in [-0.39, 0.29) is 10.8 Å². The van der Waals surface area contributed by atoms with E-state index in [2.05, 4.69) is 5.32 Å². The predicted octanol–water partition coefficient (Wildman–Crippen LogP) is -0.829. The number of nitrogens with one attached hydrogen (secondary N) is 2. The molecule has 0 unspecified atom stereocenters. The Bertz CT molecular complexity index is 738. The van der Waals surface area contributed by atoms with Crippen LogP contribution in [0.4, 0.5) is 0 Å². The van der Waals surface area contributed by atoms with Gasteiger partial charge in [-0.2, -0.15) is 4.31 Å². The van der Waals surface area contributed by atoms with Crippen molar-refractivity contribution in [2.24, 2.45) is 0 Å². The summed E-state index contributed by atoms with van der Waals surface area (Å²) in [7, 11) is -2.12. The van der Waals surface area contributed by atoms with Gasteiger partial charge in [-0.3, -0.25) is 4.79 Å². The number of hydrogen-bond acceptors (Lipinski definition) is 4. The van der Waals surface area contributed by atoms with Gasteiger partial charge in [0.05, 0.1) is 33.3 Å². The highest BCUT2D eigenvalue weighted by Gasteiger charge is 2.33. The van der Waals surface area contributed by atoms with Gasteiger partial charge in [0, 0.05) is 6.04 Å². The van der Waals surface area contributed by atoms with Gasteiger partial charge in [0.2, 0.25) is 10.0 Å². The molecular formula is C17H26N3O4S+. The molecule has 138 valence electrons. The van der Waals surface area contributed by atoms with Crippen LogP contribution in [0.25, 0.3) is 0 Å². The number of ether oxygens (including phenoxy) is 1. The van der Waals surface area contributed by atoms with Gasteiger partial charge in [-0.05, 0) is 37.5 Å². The zero-order valence-corrected chi connectivity index (χ0v) is 15.6. The Morgan fingerprint density at radius 2 is 2.00 bits per heavy atom. The maximum Gasteiger partial charge on any atom is 0.275 e. The molecule has 0 aromatic heterocycles. The number of aryl methyl sites for hydroxylation is 1. The third-order valence-electron chi connectivity index (χ3n) is 4.72. The maximum absolute atomic E-state index is 13.0. The Balaban J connectivity index is 1.63. The molecule has 0 bridgehead atoms. The molecule has 1 aromatic carbocycles. The fourth-order valence-corrected chi connectivity index (χ4v) is 4.76. The normalized spacial score (nSPS) is 19.6. The molecule has 2 fully saturated rings. The quantitative estimate of drug-likeness (QED) is 0.687. The molecule has 0 spiro atoms. The number of amides is 1. The minimum Gasteiger partial charge on any atom is -0.495 e. The lowest BCUT2D eigenvalue weighted by molar-refractivity contribution is -0.895. The zero-order valence-electron chi connectivity index (χ0n) is 14.7. The number of rotatable bonds is 6. The van der Waals surface area contributed by atoms with Crippen molar-refractivity contribution in [2.75, 3.05) is 39.8 Å². The second-order valence-electron chi connectivity index (χ2n) is 6.83. The van der Waals surface area contributed by atoms with Gasteiger partial charge in [0.25, 0.3) is 5.91 Å². The molecule has 1 amide bonds. The molecule has 2 aliphatic rings. The van der Waals surface area contributed by atoms with Crippen LogP contribution in [0.5, 0.6) is 5.75 Å². The lowest BCUT2D eigenvalue weighted by Gasteiger charge is -2.31. The van der Waals surface area contributed by atoms with Gasteiger partial charge < -0.3 is 15.0 Å². The minimum atomic E-state index is -3.59. The summed E-state index contributed by atoms with van der Waals surface area (Å²) < 4.78 is 32.6. The molecule has 1 aromatic rings. The van der Waals surface area contributed by atoms with E-state index in [1.807, 2.05) is 13.0 Å². The molecule has 7 nitrogen and oxygen atoms in total. The van der Waals surface area contributed by atoms with Crippen LogP contribution in [0.1, 0.15) is 18.4 Å². The molecule has 1 saturated carbocycles. The van der Waals surface area contributed by atoms with Crippen molar-refractivity contribution in [3.63, 3.8) is 0 Å². The molecule has 1 heterocycles. The number of hydrogen-bond donors (Lipinski definition) is 2. The molecule has 1 aliphatic heterocycles. The van der Waals surface area contributed by atoms with E-state index in [1.165, 1.54) is 11.4 Å². The van der Waals surface area contributed by atoms with Gasteiger partial charge >= 0.3 is 0 Å². The van der Waals surface area contributed by atoms with E-state index in [4.69, 9.17) is 4.74 Å². The van der Waals surface area contributed by atoms with E-state index in [1.54, 1.807) is 12.1 Å². The van der Waals surface area contributed by atoms with Crippen LogP contribution in [0.3, 0.4) is 0 Å². The van der Waals surface area contributed by atoms with Crippen LogP contribution in [0, 0.1) is 6.92 Å². The van der Waals surface area contributed by atoms with Crippen molar-refractivity contribution < 1.29 is 22.8 Å². The highest BCUT2D eigenvalue weighted by atomic mass is 32.2. The number of quaternary nitrogens is 1. The molecule has 1 saturated heterocycles. The van der Waals surface area contributed by atoms with E-state index in [0.717, 1.165) is 23.3 Å². The van der Waals surface area contributed by atoms with E-state index in [0.29, 0.717) is 44.5 Å². The number of nitrogens with zero attached hydrogens (tertiary/aromatic N) is 1. The van der Waals surface area contributed by atoms with Crippen LogP contribution in [0.15, 0.2) is 23.1 Å². The molecule has 1 aliphatic carbocycles. The van der Waals surface area contributed by atoms with Gasteiger partial charge in [0.1, 0.15) is 10.6 Å². The predicted molar refractivity (Wildman–Crippen MR) is 93.2 cm³/mol. The Morgan fingerprint density at radius 3 is 2.60 bits per heavy atom. The van der Waals surface area contributed by atoms with E-state index < -0.39 is 10.0 Å². The second kappa shape index (κ2) is 7.31. The summed E-state index contributed by atoms with van der Waals surface area (Å²) in [5.41, 5.74) is 0.875. The van der Waals surface area contributed by atoms with Gasteiger partial charge in [-0.15, -0.1) is 0 Å². The van der Waals surface area contributed by atoms with Crippen molar-refractivity contribution in [3.8, 4) is 5.75 Å². The van der Waals surface area contributed by atoms with Crippen LogP contribution in [-0.4, -0.2) is 64.5 Å². The lowest BCUT2D eigenvalue weighted by atomic mass is 10.2. The summed E-state index contributed by atoms with van der Waals surface area (Å²) in [6, 6.07) is 5.53. The summed E-state index contributed by atoms with van der Waals surface area (Å²) >= 11 is 0. The lowest BCUT2D eigenvalue weighted by Crippen LogP contribution is -3.15. The fraction of sp³-hybridized carbons (Fsp3) is 0.588. The zero-order chi connectivity index (χ0) is 18.0. The summed E-state index contributed by atoms with van der Waals surface area (Å²) in [6.45, 7) is 4.35.